The van der Waals surface area contributed by atoms with Gasteiger partial charge in [-0.15, -0.1) is 0 Å². The first-order valence-electron chi connectivity index (χ1n) is 15.2. The zero-order valence-corrected chi connectivity index (χ0v) is 28.7. The van der Waals surface area contributed by atoms with Crippen molar-refractivity contribution in [3.05, 3.63) is 35.8 Å². The normalized spacial score (nSPS) is 21.9. The van der Waals surface area contributed by atoms with Gasteiger partial charge in [0.05, 0.1) is 11.1 Å². The number of aryl methyl sites for hydroxylation is 1. The number of carbonyl (C=O) groups excluding carboxylic acids is 1. The minimum atomic E-state index is -3.83. The minimum absolute atomic E-state index is 0.0435. The molecule has 240 valence electrons. The number of nitrogens with one attached hydrogen (secondary N) is 1. The number of fused-ring (bicyclic) bond motifs is 1. The van der Waals surface area contributed by atoms with Crippen LogP contribution in [0.2, 0.25) is 18.1 Å². The minimum Gasteiger partial charge on any atom is -0.417 e. The van der Waals surface area contributed by atoms with E-state index in [0.29, 0.717) is 24.5 Å². The van der Waals surface area contributed by atoms with Crippen LogP contribution in [-0.4, -0.2) is 57.7 Å². The molecule has 1 amide bonds. The van der Waals surface area contributed by atoms with Crippen LogP contribution in [0, 0.1) is 41.3 Å². The summed E-state index contributed by atoms with van der Waals surface area (Å²) in [6.07, 6.45) is 5.55. The summed E-state index contributed by atoms with van der Waals surface area (Å²) in [6, 6.07) is 4.84. The molecular formula is C33H45FN2O6SSi. The number of halogens is 1. The van der Waals surface area contributed by atoms with Gasteiger partial charge >= 0.3 is 0 Å². The van der Waals surface area contributed by atoms with E-state index in [9.17, 15) is 13.2 Å². The van der Waals surface area contributed by atoms with E-state index in [2.05, 4.69) is 63.0 Å². The lowest BCUT2D eigenvalue weighted by Crippen LogP contribution is -2.51. The van der Waals surface area contributed by atoms with E-state index in [4.69, 9.17) is 14.0 Å². The monoisotopic (exact) mass is 644 g/mol. The first-order chi connectivity index (χ1) is 20.5. The number of hydrogen-bond donors (Lipinski definition) is 1. The lowest BCUT2D eigenvalue weighted by atomic mass is 10.1. The van der Waals surface area contributed by atoms with Gasteiger partial charge in [-0.1, -0.05) is 26.7 Å². The molecule has 11 heteroatoms. The quantitative estimate of drug-likeness (QED) is 0.207. The summed E-state index contributed by atoms with van der Waals surface area (Å²) >= 11 is 0. The Morgan fingerprint density at radius 2 is 1.95 bits per heavy atom. The summed E-state index contributed by atoms with van der Waals surface area (Å²) < 4.78 is 52.2. The number of nitrogens with zero attached hydrogens (tertiary/aromatic N) is 1. The number of hydroxylamine groups is 1. The molecule has 2 fully saturated rings. The number of hydrogen-bond acceptors (Lipinski definition) is 6. The molecule has 2 unspecified atom stereocenters. The molecule has 8 nitrogen and oxygen atoms in total. The van der Waals surface area contributed by atoms with Crippen LogP contribution in [0.4, 0.5) is 4.39 Å². The van der Waals surface area contributed by atoms with E-state index in [1.165, 1.54) is 13.0 Å². The third-order valence-electron chi connectivity index (χ3n) is 9.31. The number of amides is 1. The maximum atomic E-state index is 15.0. The molecule has 4 rings (SSSR count). The molecule has 1 saturated heterocycles. The maximum absolute atomic E-state index is 15.0. The number of benzene rings is 1. The van der Waals surface area contributed by atoms with Crippen molar-refractivity contribution >= 4 is 35.0 Å². The van der Waals surface area contributed by atoms with E-state index < -0.39 is 40.9 Å². The van der Waals surface area contributed by atoms with Crippen LogP contribution in [0.15, 0.2) is 24.4 Å². The fourth-order valence-electron chi connectivity index (χ4n) is 4.70. The molecular weight excluding hydrogens is 600 g/mol. The molecule has 2 aromatic rings. The van der Waals surface area contributed by atoms with Gasteiger partial charge in [-0.2, -0.15) is 0 Å². The van der Waals surface area contributed by atoms with Gasteiger partial charge in [0.1, 0.15) is 5.82 Å². The molecule has 1 saturated carbocycles. The highest BCUT2D eigenvalue weighted by molar-refractivity contribution is 7.92. The predicted octanol–water partition coefficient (Wildman–Crippen LogP) is 5.56. The molecule has 2 heterocycles. The van der Waals surface area contributed by atoms with Crippen molar-refractivity contribution in [2.75, 3.05) is 19.5 Å². The Morgan fingerprint density at radius 1 is 1.20 bits per heavy atom. The molecule has 1 aliphatic heterocycles. The van der Waals surface area contributed by atoms with E-state index in [0.717, 1.165) is 37.5 Å². The molecule has 2 aliphatic rings. The van der Waals surface area contributed by atoms with Crippen LogP contribution in [-0.2, 0) is 35.2 Å². The fraction of sp³-hybridized carbons (Fsp3) is 0.606. The Bertz CT molecular complexity index is 1600. The summed E-state index contributed by atoms with van der Waals surface area (Å²) in [5.74, 6) is 11.1. The van der Waals surface area contributed by atoms with Crippen LogP contribution < -0.4 is 5.48 Å². The average Bonchev–Trinajstić information content (AvgIpc) is 3.60. The molecule has 1 aromatic heterocycles. The van der Waals surface area contributed by atoms with Crippen LogP contribution in [0.25, 0.3) is 10.9 Å². The molecule has 1 N–H and O–H groups in total. The predicted molar refractivity (Wildman–Crippen MR) is 172 cm³/mol. The molecule has 1 aromatic carbocycles. The van der Waals surface area contributed by atoms with Gasteiger partial charge in [-0.3, -0.25) is 4.79 Å². The van der Waals surface area contributed by atoms with Crippen molar-refractivity contribution < 1.29 is 31.6 Å². The Balaban J connectivity index is 1.37. The number of sulfone groups is 1. The van der Waals surface area contributed by atoms with Crippen molar-refractivity contribution in [1.82, 2.24) is 10.0 Å². The summed E-state index contributed by atoms with van der Waals surface area (Å²) in [5.41, 5.74) is 3.11. The van der Waals surface area contributed by atoms with Gasteiger partial charge in [0, 0.05) is 49.9 Å². The third kappa shape index (κ3) is 8.12. The zero-order chi connectivity index (χ0) is 32.3. The van der Waals surface area contributed by atoms with Crippen LogP contribution in [0.1, 0.15) is 65.4 Å². The smallest absolute Gasteiger partial charge is 0.264 e. The van der Waals surface area contributed by atoms with Crippen LogP contribution >= 0.6 is 0 Å². The standard InChI is InChI=1S/C33H45FN2O6SSi/c1-32(2,3)44(6,7)41-23-27-20-24(27)12-8-9-13-25-21-26-15-17-36(29(26)22-28(25)34)18-16-33(4,43(5,38)39)31(37)35-42-30-14-10-11-19-40-30/h15,17,21-22,24,27,30H,10-11,14,16,18-20,23H2,1-7H3,(H,35,37)/t24-,27+,30?,33?/m1/s1. The Morgan fingerprint density at radius 3 is 2.61 bits per heavy atom. The van der Waals surface area contributed by atoms with Crippen molar-refractivity contribution in [3.63, 3.8) is 0 Å². The average molecular weight is 645 g/mol. The number of aromatic nitrogens is 1. The maximum Gasteiger partial charge on any atom is 0.264 e. The molecule has 0 radical (unpaired) electrons. The topological polar surface area (TPSA) is 95.9 Å². The largest absolute Gasteiger partial charge is 0.417 e. The van der Waals surface area contributed by atoms with E-state index in [-0.39, 0.29) is 29.5 Å². The van der Waals surface area contributed by atoms with Gasteiger partial charge in [-0.05, 0) is 92.6 Å². The second-order valence-electron chi connectivity index (χ2n) is 13.7. The van der Waals surface area contributed by atoms with Gasteiger partial charge in [0.25, 0.3) is 5.91 Å². The first-order valence-corrected chi connectivity index (χ1v) is 20.0. The van der Waals surface area contributed by atoms with Crippen LogP contribution in [0.3, 0.4) is 0 Å². The Labute approximate surface area is 262 Å². The number of ether oxygens (including phenoxy) is 1. The molecule has 0 spiro atoms. The highest BCUT2D eigenvalue weighted by Gasteiger charge is 2.44. The van der Waals surface area contributed by atoms with Gasteiger partial charge in [-0.25, -0.2) is 23.1 Å². The lowest BCUT2D eigenvalue weighted by Gasteiger charge is -2.36. The summed E-state index contributed by atoms with van der Waals surface area (Å²) in [7, 11) is -5.61. The van der Waals surface area contributed by atoms with E-state index in [1.54, 1.807) is 16.8 Å². The highest BCUT2D eigenvalue weighted by atomic mass is 32.2. The third-order valence-corrected chi connectivity index (χ3v) is 15.8. The van der Waals surface area contributed by atoms with E-state index >= 15 is 4.39 Å². The second kappa shape index (κ2) is 13.4. The SMILES string of the molecule is CC(C)(C)[Si](C)(C)OC[C@@H]1C[C@H]1C#CC#Cc1cc2ccn(CCC(C)(C(=O)NOC3CCCCO3)S(C)(=O)=O)c2cc1F. The van der Waals surface area contributed by atoms with Crippen molar-refractivity contribution in [1.29, 1.82) is 0 Å². The Kier molecular flexibility index (Phi) is 10.4. The van der Waals surface area contributed by atoms with Crippen molar-refractivity contribution in [2.45, 2.75) is 95.5 Å². The number of carbonyl (C=O) groups is 1. The van der Waals surface area contributed by atoms with Gasteiger partial charge in [0.2, 0.25) is 0 Å². The lowest BCUT2D eigenvalue weighted by molar-refractivity contribution is -0.201. The zero-order valence-electron chi connectivity index (χ0n) is 26.9. The summed E-state index contributed by atoms with van der Waals surface area (Å²) in [6.45, 7) is 14.0. The molecule has 44 heavy (non-hydrogen) atoms. The summed E-state index contributed by atoms with van der Waals surface area (Å²) in [5, 5.41) is 0.921. The summed E-state index contributed by atoms with van der Waals surface area (Å²) in [4.78, 5) is 18.4. The second-order valence-corrected chi connectivity index (χ2v) is 20.9. The molecule has 1 aliphatic carbocycles. The van der Waals surface area contributed by atoms with Crippen LogP contribution in [0.5, 0.6) is 0 Å². The Hall–Kier alpha value is -2.67. The van der Waals surface area contributed by atoms with Gasteiger partial charge in [0.15, 0.2) is 29.2 Å². The first kappa shape index (κ1) is 34.2. The highest BCUT2D eigenvalue weighted by Crippen LogP contribution is 2.42. The van der Waals surface area contributed by atoms with Gasteiger partial charge < -0.3 is 13.7 Å². The fourth-order valence-corrected chi connectivity index (χ4v) is 6.61. The van der Waals surface area contributed by atoms with Crippen molar-refractivity contribution in [2.24, 2.45) is 11.8 Å². The molecule has 0 bridgehead atoms. The van der Waals surface area contributed by atoms with Crippen molar-refractivity contribution in [3.8, 4) is 23.7 Å². The molecule has 4 atom stereocenters. The number of rotatable bonds is 10. The van der Waals surface area contributed by atoms with E-state index in [1.807, 2.05) is 6.07 Å².